The van der Waals surface area contributed by atoms with E-state index >= 15 is 4.39 Å². The Morgan fingerprint density at radius 1 is 1.42 bits per heavy atom. The van der Waals surface area contributed by atoms with Gasteiger partial charge in [-0.1, -0.05) is 44.1 Å². The van der Waals surface area contributed by atoms with E-state index in [-0.39, 0.29) is 36.7 Å². The van der Waals surface area contributed by atoms with Gasteiger partial charge in [-0.15, -0.1) is 0 Å². The molecule has 0 bridgehead atoms. The minimum atomic E-state index is -3.36. The van der Waals surface area contributed by atoms with Crippen LogP contribution in [0.15, 0.2) is 17.1 Å². The van der Waals surface area contributed by atoms with E-state index in [4.69, 9.17) is 47.7 Å². The highest BCUT2D eigenvalue weighted by Gasteiger charge is 2.50. The van der Waals surface area contributed by atoms with Crippen molar-refractivity contribution in [2.45, 2.75) is 77.6 Å². The summed E-state index contributed by atoms with van der Waals surface area (Å²) in [6.07, 6.45) is -1.82. The number of halogens is 2. The Bertz CT molecular complexity index is 1100. The van der Waals surface area contributed by atoms with Gasteiger partial charge in [0, 0.05) is 23.8 Å². The van der Waals surface area contributed by atoms with Gasteiger partial charge in [0.1, 0.15) is 11.9 Å². The Labute approximate surface area is 235 Å². The second kappa shape index (κ2) is 13.5. The normalized spacial score (nSPS) is 24.2. The molecule has 2 heterocycles. The fourth-order valence-electron chi connectivity index (χ4n) is 3.13. The zero-order chi connectivity index (χ0) is 28.9. The largest absolute Gasteiger partial charge is 0.462 e. The molecule has 38 heavy (non-hydrogen) atoms. The van der Waals surface area contributed by atoms with Gasteiger partial charge in [-0.05, 0) is 38.6 Å². The first kappa shape index (κ1) is 33.1. The number of nitrogen functional groups attached to an aromatic ring is 1. The fourth-order valence-corrected chi connectivity index (χ4v) is 6.75. The van der Waals surface area contributed by atoms with Crippen molar-refractivity contribution < 1.29 is 32.5 Å². The smallest absolute Gasteiger partial charge is 0.351 e. The second-order valence-corrected chi connectivity index (χ2v) is 14.9. The molecular formula is C22H35ClFN4O7PS2. The second-order valence-electron chi connectivity index (χ2n) is 9.97. The first-order chi connectivity index (χ1) is 17.4. The van der Waals surface area contributed by atoms with E-state index in [1.807, 2.05) is 20.8 Å². The highest BCUT2D eigenvalue weighted by Crippen LogP contribution is 2.48. The van der Waals surface area contributed by atoms with E-state index in [2.05, 4.69) is 10.1 Å². The fraction of sp³-hybridized carbons (Fsp3) is 0.727. The molecule has 16 heteroatoms. The molecule has 1 fully saturated rings. The van der Waals surface area contributed by atoms with Crippen LogP contribution in [0.5, 0.6) is 0 Å². The number of alkyl halides is 2. The molecule has 216 valence electrons. The number of hydrogen-bond donors (Lipinski definition) is 2. The van der Waals surface area contributed by atoms with Crippen LogP contribution in [0.3, 0.4) is 0 Å². The van der Waals surface area contributed by atoms with Crippen molar-refractivity contribution in [1.29, 1.82) is 0 Å². The molecule has 0 aliphatic carbocycles. The van der Waals surface area contributed by atoms with Crippen LogP contribution in [0, 0.1) is 5.41 Å². The monoisotopic (exact) mass is 616 g/mol. The summed E-state index contributed by atoms with van der Waals surface area (Å²) >= 11 is 12.7. The molecule has 1 saturated heterocycles. The number of aromatic nitrogens is 2. The molecule has 0 saturated carbocycles. The first-order valence-corrected chi connectivity index (χ1v) is 15.9. The standard InChI is InChI=1S/C22H35ClFN4O7PS2/c1-13(2)34-17(29)14(3)27-36(37,32-9-10-38-19(30)21(4,5)6)33-12-15-11-22(23,24)18(35-15)28-8-7-16(25)26-20(28)31/h7-8,13-15,18H,9-12H2,1-6H3,(H,27,37)(H2,25,26,31)/t14-,15-,18+,22-,36+/m0/s1. The van der Waals surface area contributed by atoms with Crippen LogP contribution in [0.4, 0.5) is 10.2 Å². The van der Waals surface area contributed by atoms with Crippen molar-refractivity contribution >= 4 is 58.7 Å². The average Bonchev–Trinajstić information content (AvgIpc) is 3.08. The predicted octanol–water partition coefficient (Wildman–Crippen LogP) is 3.51. The third-order valence-corrected chi connectivity index (χ3v) is 9.21. The molecule has 11 nitrogen and oxygen atoms in total. The van der Waals surface area contributed by atoms with E-state index in [1.165, 1.54) is 12.3 Å². The van der Waals surface area contributed by atoms with Crippen molar-refractivity contribution in [3.05, 3.63) is 22.7 Å². The first-order valence-electron chi connectivity index (χ1n) is 11.9. The Kier molecular flexibility index (Phi) is 11.7. The van der Waals surface area contributed by atoms with Crippen LogP contribution >= 0.6 is 30.0 Å². The van der Waals surface area contributed by atoms with Crippen LogP contribution in [0.1, 0.15) is 54.2 Å². The number of carbonyl (C=O) groups excluding carboxylic acids is 2. The van der Waals surface area contributed by atoms with Gasteiger partial charge in [0.25, 0.3) is 6.64 Å². The lowest BCUT2D eigenvalue weighted by molar-refractivity contribution is -0.149. The number of hydrogen-bond acceptors (Lipinski definition) is 11. The van der Waals surface area contributed by atoms with E-state index in [9.17, 15) is 14.4 Å². The quantitative estimate of drug-likeness (QED) is 0.153. The van der Waals surface area contributed by atoms with E-state index in [0.717, 1.165) is 16.3 Å². The van der Waals surface area contributed by atoms with Gasteiger partial charge in [-0.3, -0.25) is 14.2 Å². The summed E-state index contributed by atoms with van der Waals surface area (Å²) in [6.45, 7) is 6.83. The minimum absolute atomic E-state index is 0.0173. The van der Waals surface area contributed by atoms with Crippen molar-refractivity contribution in [3.8, 4) is 0 Å². The molecule has 5 atom stereocenters. The molecule has 3 N–H and O–H groups in total. The van der Waals surface area contributed by atoms with Gasteiger partial charge in [0.2, 0.25) is 5.13 Å². The summed E-state index contributed by atoms with van der Waals surface area (Å²) in [4.78, 5) is 40.3. The van der Waals surface area contributed by atoms with Crippen LogP contribution in [-0.2, 0) is 39.9 Å². The van der Waals surface area contributed by atoms with Gasteiger partial charge in [0.15, 0.2) is 11.3 Å². The maximum absolute atomic E-state index is 15.2. The molecule has 0 unspecified atom stereocenters. The maximum atomic E-state index is 15.2. The molecule has 1 aliphatic heterocycles. The Morgan fingerprint density at radius 3 is 2.66 bits per heavy atom. The van der Waals surface area contributed by atoms with Crippen LogP contribution in [0.25, 0.3) is 0 Å². The Morgan fingerprint density at radius 2 is 2.08 bits per heavy atom. The summed E-state index contributed by atoms with van der Waals surface area (Å²) in [7, 11) is 0. The lowest BCUT2D eigenvalue weighted by Crippen LogP contribution is -2.36. The van der Waals surface area contributed by atoms with E-state index in [1.54, 1.807) is 20.8 Å². The van der Waals surface area contributed by atoms with E-state index in [0.29, 0.717) is 5.75 Å². The third-order valence-electron chi connectivity index (χ3n) is 4.96. The lowest BCUT2D eigenvalue weighted by Gasteiger charge is -2.27. The molecule has 1 aliphatic rings. The summed E-state index contributed by atoms with van der Waals surface area (Å²) in [5.41, 5.74) is 4.15. The number of anilines is 1. The zero-order valence-corrected chi connectivity index (χ0v) is 25.4. The van der Waals surface area contributed by atoms with Gasteiger partial charge in [-0.25, -0.2) is 14.3 Å². The number of rotatable bonds is 12. The third kappa shape index (κ3) is 9.81. The van der Waals surface area contributed by atoms with Gasteiger partial charge >= 0.3 is 11.7 Å². The topological polar surface area (TPSA) is 144 Å². The molecule has 2 rings (SSSR count). The number of carbonyl (C=O) groups is 2. The number of nitrogens with zero attached hydrogens (tertiary/aromatic N) is 2. The number of nitrogens with one attached hydrogen (secondary N) is 1. The number of esters is 1. The summed E-state index contributed by atoms with van der Waals surface area (Å²) < 4.78 is 38.7. The molecule has 0 amide bonds. The summed E-state index contributed by atoms with van der Waals surface area (Å²) in [5.74, 6) is -0.288. The van der Waals surface area contributed by atoms with Crippen LogP contribution in [-0.4, -0.2) is 63.0 Å². The zero-order valence-electron chi connectivity index (χ0n) is 22.1. The highest BCUT2D eigenvalue weighted by molar-refractivity contribution is 8.13. The number of nitrogens with two attached hydrogens (primary N) is 1. The van der Waals surface area contributed by atoms with Crippen molar-refractivity contribution in [2.24, 2.45) is 5.41 Å². The molecule has 1 aromatic heterocycles. The summed E-state index contributed by atoms with van der Waals surface area (Å²) in [6, 6.07) is 0.441. The summed E-state index contributed by atoms with van der Waals surface area (Å²) in [5, 5.41) is 0.414. The van der Waals surface area contributed by atoms with E-state index < -0.39 is 47.2 Å². The Hall–Kier alpha value is -1.12. The lowest BCUT2D eigenvalue weighted by atomic mass is 10.00. The van der Waals surface area contributed by atoms with Crippen molar-refractivity contribution in [2.75, 3.05) is 24.7 Å². The molecule has 0 aromatic carbocycles. The molecule has 1 aromatic rings. The maximum Gasteiger partial charge on any atom is 0.351 e. The molecule has 0 radical (unpaired) electrons. The van der Waals surface area contributed by atoms with Gasteiger partial charge in [-0.2, -0.15) is 4.98 Å². The number of ether oxygens (including phenoxy) is 2. The predicted molar refractivity (Wildman–Crippen MR) is 148 cm³/mol. The van der Waals surface area contributed by atoms with Crippen LogP contribution < -0.4 is 16.5 Å². The average molecular weight is 617 g/mol. The van der Waals surface area contributed by atoms with Crippen molar-refractivity contribution in [3.63, 3.8) is 0 Å². The molecular weight excluding hydrogens is 582 g/mol. The minimum Gasteiger partial charge on any atom is -0.462 e. The highest BCUT2D eigenvalue weighted by atomic mass is 35.5. The Balaban J connectivity index is 2.10. The SMILES string of the molecule is CC(C)OC(=O)[C@H](C)N[P@@](=S)(OCCSC(=O)C(C)(C)C)OC[C@@H]1C[C@@](F)(Cl)[C@H](n2ccc(N)nc2=O)O1. The number of thioether (sulfide) groups is 1. The van der Waals surface area contributed by atoms with Crippen molar-refractivity contribution in [1.82, 2.24) is 14.6 Å². The van der Waals surface area contributed by atoms with Gasteiger partial charge < -0.3 is 24.3 Å². The van der Waals surface area contributed by atoms with Gasteiger partial charge in [0.05, 0.1) is 25.4 Å². The van der Waals surface area contributed by atoms with Crippen LogP contribution in [0.2, 0.25) is 0 Å². The molecule has 0 spiro atoms.